The van der Waals surface area contributed by atoms with Crippen molar-refractivity contribution < 1.29 is 40.6 Å². The summed E-state index contributed by atoms with van der Waals surface area (Å²) in [7, 11) is 1.65. The van der Waals surface area contributed by atoms with Crippen molar-refractivity contribution in [3.63, 3.8) is 0 Å². The number of nitrogens with zero attached hydrogens (tertiary/aromatic N) is 5. The van der Waals surface area contributed by atoms with Gasteiger partial charge in [-0.2, -0.15) is 32.8 Å². The van der Waals surface area contributed by atoms with Crippen LogP contribution in [0.1, 0.15) is 55.9 Å². The predicted molar refractivity (Wildman–Crippen MR) is 178 cm³/mol. The summed E-state index contributed by atoms with van der Waals surface area (Å²) >= 11 is 0. The molecule has 15 heteroatoms. The zero-order valence-corrected chi connectivity index (χ0v) is 28.5. The maximum absolute atomic E-state index is 14.5. The van der Waals surface area contributed by atoms with E-state index in [0.717, 1.165) is 22.6 Å². The Morgan fingerprint density at radius 1 is 1.00 bits per heavy atom. The maximum Gasteiger partial charge on any atom is 0.422 e. The van der Waals surface area contributed by atoms with E-state index in [4.69, 9.17) is 14.7 Å². The van der Waals surface area contributed by atoms with E-state index in [1.54, 1.807) is 32.8 Å². The molecule has 2 aliphatic heterocycles. The van der Waals surface area contributed by atoms with Gasteiger partial charge in [0.15, 0.2) is 5.82 Å². The first kappa shape index (κ1) is 37.0. The highest BCUT2D eigenvalue weighted by atomic mass is 19.4. The summed E-state index contributed by atoms with van der Waals surface area (Å²) in [6, 6.07) is 15.6. The molecule has 270 valence electrons. The molecule has 9 nitrogen and oxygen atoms in total. The molecule has 2 atom stereocenters. The van der Waals surface area contributed by atoms with Gasteiger partial charge in [0.25, 0.3) is 0 Å². The quantitative estimate of drug-likeness (QED) is 0.163. The smallest absolute Gasteiger partial charge is 0.422 e. The monoisotopic (exact) mass is 714 g/mol. The van der Waals surface area contributed by atoms with Gasteiger partial charge in [0.2, 0.25) is 0 Å². The number of carbonyl (C=O) groups excluding carboxylic acids is 1. The molecular weight excluding hydrogens is 678 g/mol. The van der Waals surface area contributed by atoms with Crippen LogP contribution in [0, 0.1) is 36.0 Å². The van der Waals surface area contributed by atoms with E-state index in [1.807, 2.05) is 49.4 Å². The van der Waals surface area contributed by atoms with Crippen LogP contribution < -0.4 is 15.0 Å². The molecule has 3 heterocycles. The summed E-state index contributed by atoms with van der Waals surface area (Å²) in [4.78, 5) is 22.5. The van der Waals surface area contributed by atoms with Gasteiger partial charge < -0.3 is 19.7 Å². The van der Waals surface area contributed by atoms with Crippen LogP contribution >= 0.6 is 0 Å². The highest BCUT2D eigenvalue weighted by Crippen LogP contribution is 2.40. The maximum atomic E-state index is 14.5. The molecule has 2 aliphatic rings. The average molecular weight is 715 g/mol. The fourth-order valence-electron chi connectivity index (χ4n) is 6.19. The van der Waals surface area contributed by atoms with Crippen LogP contribution in [0.5, 0.6) is 5.75 Å². The number of aryl methyl sites for hydroxylation is 1. The minimum absolute atomic E-state index is 0.144. The Morgan fingerprint density at radius 3 is 2.22 bits per heavy atom. The van der Waals surface area contributed by atoms with Crippen molar-refractivity contribution in [2.75, 3.05) is 30.4 Å². The summed E-state index contributed by atoms with van der Waals surface area (Å²) < 4.78 is 92.6. The standard InChI is InChI=1S/C20H20F6N4O2.C16H16N2O/c1-19(2,3)32-18(31)30-9-4-5-10(30)8-29(7-9)16-11-6-12(21)13(20(24,25)26)14(22)15(11)27-17(23)28-16;1-12-3-6-14(10-17)16(9-12)18-11-13-4-7-15(19-2)8-5-13/h6,9-10H,4-5,7-8H2,1-3H3;3-9,18H,11H2,1-2H3/t9-,10?;/m0./s1. The number of halogens is 6. The van der Waals surface area contributed by atoms with Crippen molar-refractivity contribution in [3.8, 4) is 11.8 Å². The highest BCUT2D eigenvalue weighted by molar-refractivity contribution is 5.91. The molecule has 1 aromatic heterocycles. The Hall–Kier alpha value is -5.26. The van der Waals surface area contributed by atoms with Crippen LogP contribution in [-0.2, 0) is 17.5 Å². The molecule has 1 amide bonds. The number of nitrogens with one attached hydrogen (secondary N) is 1. The normalized spacial score (nSPS) is 17.1. The van der Waals surface area contributed by atoms with Gasteiger partial charge in [-0.05, 0) is 82.0 Å². The lowest BCUT2D eigenvalue weighted by molar-refractivity contribution is -0.142. The van der Waals surface area contributed by atoms with E-state index < -0.39 is 46.7 Å². The summed E-state index contributed by atoms with van der Waals surface area (Å²) in [5.74, 6) is -3.21. The minimum atomic E-state index is -5.32. The van der Waals surface area contributed by atoms with E-state index in [9.17, 15) is 31.1 Å². The Morgan fingerprint density at radius 2 is 1.65 bits per heavy atom. The number of hydrogen-bond acceptors (Lipinski definition) is 8. The number of anilines is 2. The number of alkyl halides is 3. The third-order valence-electron chi connectivity index (χ3n) is 8.44. The lowest BCUT2D eigenvalue weighted by Gasteiger charge is -2.42. The van der Waals surface area contributed by atoms with Crippen molar-refractivity contribution in [2.24, 2.45) is 0 Å². The highest BCUT2D eigenvalue weighted by Gasteiger charge is 2.45. The van der Waals surface area contributed by atoms with E-state index >= 15 is 0 Å². The molecule has 2 saturated heterocycles. The van der Waals surface area contributed by atoms with Crippen LogP contribution in [0.4, 0.5) is 42.6 Å². The molecule has 4 aromatic rings. The van der Waals surface area contributed by atoms with Gasteiger partial charge in [0, 0.05) is 25.0 Å². The van der Waals surface area contributed by atoms with Gasteiger partial charge in [-0.15, -0.1) is 0 Å². The Labute approximate surface area is 290 Å². The largest absolute Gasteiger partial charge is 0.497 e. The van der Waals surface area contributed by atoms with Crippen molar-refractivity contribution >= 4 is 28.5 Å². The zero-order valence-electron chi connectivity index (χ0n) is 28.5. The van der Waals surface area contributed by atoms with Crippen molar-refractivity contribution in [3.05, 3.63) is 88.5 Å². The van der Waals surface area contributed by atoms with Gasteiger partial charge in [0.1, 0.15) is 40.1 Å². The van der Waals surface area contributed by atoms with Crippen LogP contribution in [0.25, 0.3) is 10.9 Å². The molecule has 2 bridgehead atoms. The molecule has 0 spiro atoms. The lowest BCUT2D eigenvalue weighted by Crippen LogP contribution is -2.57. The molecule has 0 radical (unpaired) electrons. The number of aromatic nitrogens is 2. The molecule has 6 rings (SSSR count). The van der Waals surface area contributed by atoms with Crippen molar-refractivity contribution in [2.45, 2.75) is 70.9 Å². The number of nitriles is 1. The van der Waals surface area contributed by atoms with Crippen LogP contribution in [0.15, 0.2) is 48.5 Å². The molecule has 51 heavy (non-hydrogen) atoms. The third-order valence-corrected chi connectivity index (χ3v) is 8.44. The van der Waals surface area contributed by atoms with E-state index in [2.05, 4.69) is 21.4 Å². The Balaban J connectivity index is 0.000000226. The summed E-state index contributed by atoms with van der Waals surface area (Å²) in [5.41, 5.74) is 0.0251. The summed E-state index contributed by atoms with van der Waals surface area (Å²) in [6.45, 7) is 8.18. The molecule has 2 fully saturated rings. The van der Waals surface area contributed by atoms with Gasteiger partial charge in [-0.25, -0.2) is 13.6 Å². The fourth-order valence-corrected chi connectivity index (χ4v) is 6.19. The molecular formula is C36H36F6N6O3. The second-order valence-corrected chi connectivity index (χ2v) is 13.3. The number of benzene rings is 3. The number of ether oxygens (including phenoxy) is 2. The molecule has 1 N–H and O–H groups in total. The van der Waals surface area contributed by atoms with E-state index in [0.29, 0.717) is 31.0 Å². The van der Waals surface area contributed by atoms with Crippen molar-refractivity contribution in [1.82, 2.24) is 14.9 Å². The average Bonchev–Trinajstić information content (AvgIpc) is 3.32. The van der Waals surface area contributed by atoms with Crippen LogP contribution in [0.3, 0.4) is 0 Å². The second-order valence-electron chi connectivity index (χ2n) is 13.3. The number of carbonyl (C=O) groups is 1. The topological polar surface area (TPSA) is 104 Å². The minimum Gasteiger partial charge on any atom is -0.497 e. The fraction of sp³-hybridized carbons (Fsp3) is 0.389. The zero-order chi connectivity index (χ0) is 37.2. The number of amides is 1. The first-order valence-corrected chi connectivity index (χ1v) is 16.0. The molecule has 0 saturated carbocycles. The summed E-state index contributed by atoms with van der Waals surface area (Å²) in [5, 5.41) is 12.0. The molecule has 3 aromatic carbocycles. The second kappa shape index (κ2) is 14.5. The molecule has 0 aliphatic carbocycles. The predicted octanol–water partition coefficient (Wildman–Crippen LogP) is 8.14. The van der Waals surface area contributed by atoms with E-state index in [-0.39, 0.29) is 36.4 Å². The Kier molecular flexibility index (Phi) is 10.5. The van der Waals surface area contributed by atoms with Crippen LogP contribution in [0.2, 0.25) is 0 Å². The lowest BCUT2D eigenvalue weighted by atomic mass is 10.1. The SMILES string of the molecule is CC(C)(C)OC(=O)N1C2CC[C@H]1CN(c1nc(F)nc3c(F)c(C(F)(F)F)c(F)cc13)C2.COc1ccc(CNc2cc(C)ccc2C#N)cc1. The van der Waals surface area contributed by atoms with Crippen molar-refractivity contribution in [1.29, 1.82) is 5.26 Å². The van der Waals surface area contributed by atoms with Gasteiger partial charge in [-0.3, -0.25) is 4.90 Å². The van der Waals surface area contributed by atoms with Gasteiger partial charge in [0.05, 0.1) is 30.4 Å². The van der Waals surface area contributed by atoms with Crippen LogP contribution in [-0.4, -0.2) is 58.8 Å². The van der Waals surface area contributed by atoms with Gasteiger partial charge in [-0.1, -0.05) is 18.2 Å². The number of fused-ring (bicyclic) bond motifs is 3. The first-order chi connectivity index (χ1) is 24.0. The first-order valence-electron chi connectivity index (χ1n) is 16.0. The van der Waals surface area contributed by atoms with E-state index in [1.165, 1.54) is 4.90 Å². The number of methoxy groups -OCH3 is 1. The number of rotatable bonds is 5. The third kappa shape index (κ3) is 8.38. The summed E-state index contributed by atoms with van der Waals surface area (Å²) in [6.07, 6.45) is -6.02. The molecule has 1 unspecified atom stereocenters. The number of piperazine rings is 1. The van der Waals surface area contributed by atoms with Gasteiger partial charge >= 0.3 is 18.3 Å². The number of hydrogen-bond donors (Lipinski definition) is 1. The Bertz CT molecular complexity index is 1950.